The Morgan fingerprint density at radius 2 is 1.97 bits per heavy atom. The molecular formula is C21H23ClN4O3. The molecule has 0 radical (unpaired) electrons. The summed E-state index contributed by atoms with van der Waals surface area (Å²) in [5.41, 5.74) is 2.33. The summed E-state index contributed by atoms with van der Waals surface area (Å²) in [5.74, 6) is -0.765. The Morgan fingerprint density at radius 3 is 2.55 bits per heavy atom. The van der Waals surface area contributed by atoms with Gasteiger partial charge in [-0.25, -0.2) is 4.79 Å². The highest BCUT2D eigenvalue weighted by Gasteiger charge is 2.17. The molecular weight excluding hydrogens is 392 g/mol. The van der Waals surface area contributed by atoms with Gasteiger partial charge in [0.05, 0.1) is 17.3 Å². The molecule has 0 aliphatic rings. The van der Waals surface area contributed by atoms with Gasteiger partial charge in [-0.1, -0.05) is 25.4 Å². The maximum atomic E-state index is 12.2. The van der Waals surface area contributed by atoms with Crippen LogP contribution in [0.4, 0.5) is 5.69 Å². The van der Waals surface area contributed by atoms with Gasteiger partial charge in [-0.15, -0.1) is 0 Å². The molecule has 0 bridgehead atoms. The second-order valence-electron chi connectivity index (χ2n) is 6.96. The van der Waals surface area contributed by atoms with Crippen LogP contribution in [0.2, 0.25) is 5.15 Å². The molecule has 0 aliphatic heterocycles. The number of carbonyl (C=O) groups is 2. The number of ether oxygens (including phenoxy) is 1. The molecule has 0 aliphatic carbocycles. The zero-order valence-corrected chi connectivity index (χ0v) is 17.5. The van der Waals surface area contributed by atoms with E-state index in [1.807, 2.05) is 6.07 Å². The predicted octanol–water partition coefficient (Wildman–Crippen LogP) is 3.96. The number of hydrogen-bond acceptors (Lipinski definition) is 5. The Bertz CT molecular complexity index is 956. The Labute approximate surface area is 174 Å². The second-order valence-corrected chi connectivity index (χ2v) is 7.31. The monoisotopic (exact) mass is 414 g/mol. The van der Waals surface area contributed by atoms with E-state index < -0.39 is 18.0 Å². The van der Waals surface area contributed by atoms with E-state index in [4.69, 9.17) is 21.6 Å². The molecule has 0 spiro atoms. The first-order valence-corrected chi connectivity index (χ1v) is 9.51. The lowest BCUT2D eigenvalue weighted by Crippen LogP contribution is -2.29. The average molecular weight is 415 g/mol. The van der Waals surface area contributed by atoms with Crippen LogP contribution >= 0.6 is 11.6 Å². The molecule has 1 heterocycles. The lowest BCUT2D eigenvalue weighted by atomic mass is 10.2. The number of hydrogen-bond donors (Lipinski definition) is 1. The van der Waals surface area contributed by atoms with E-state index in [1.54, 1.807) is 35.9 Å². The molecule has 1 amide bonds. The van der Waals surface area contributed by atoms with Crippen molar-refractivity contribution in [3.63, 3.8) is 0 Å². The van der Waals surface area contributed by atoms with Gasteiger partial charge in [-0.2, -0.15) is 10.4 Å². The number of carbonyl (C=O) groups excluding carboxylic acids is 2. The lowest BCUT2D eigenvalue weighted by Gasteiger charge is -2.12. The van der Waals surface area contributed by atoms with Gasteiger partial charge in [0, 0.05) is 23.9 Å². The van der Waals surface area contributed by atoms with E-state index in [0.717, 1.165) is 0 Å². The van der Waals surface area contributed by atoms with Crippen LogP contribution in [0.5, 0.6) is 0 Å². The van der Waals surface area contributed by atoms with Crippen LogP contribution in [-0.4, -0.2) is 27.8 Å². The minimum absolute atomic E-state index is 0.379. The zero-order valence-electron chi connectivity index (χ0n) is 16.8. The van der Waals surface area contributed by atoms with E-state index in [9.17, 15) is 9.59 Å². The molecule has 1 N–H and O–H groups in total. The SMILES string of the molecule is Cc1nn(CC(C)C)c(Cl)c1/C=C/C(=O)O[C@@H](C)C(=O)Nc1ccc(C#N)cc1. The Balaban J connectivity index is 1.96. The first-order valence-electron chi connectivity index (χ1n) is 9.14. The topological polar surface area (TPSA) is 97.0 Å². The average Bonchev–Trinajstić information content (AvgIpc) is 2.93. The van der Waals surface area contributed by atoms with Gasteiger partial charge in [0.25, 0.3) is 5.91 Å². The number of aryl methyl sites for hydroxylation is 1. The molecule has 1 aromatic heterocycles. The summed E-state index contributed by atoms with van der Waals surface area (Å²) in [6.45, 7) is 8.07. The first kappa shape index (κ1) is 22.2. The molecule has 152 valence electrons. The predicted molar refractivity (Wildman–Crippen MR) is 111 cm³/mol. The number of nitriles is 1. The normalized spacial score (nSPS) is 12.0. The summed E-state index contributed by atoms with van der Waals surface area (Å²) in [7, 11) is 0. The van der Waals surface area contributed by atoms with Crippen molar-refractivity contribution in [1.82, 2.24) is 9.78 Å². The van der Waals surface area contributed by atoms with Gasteiger partial charge < -0.3 is 10.1 Å². The van der Waals surface area contributed by atoms with Crippen LogP contribution in [0.25, 0.3) is 6.08 Å². The molecule has 1 atom stereocenters. The van der Waals surface area contributed by atoms with Crippen LogP contribution in [0, 0.1) is 24.2 Å². The number of nitrogens with one attached hydrogen (secondary N) is 1. The third-order valence-corrected chi connectivity index (χ3v) is 4.38. The van der Waals surface area contributed by atoms with Crippen LogP contribution in [0.3, 0.4) is 0 Å². The molecule has 7 nitrogen and oxygen atoms in total. The number of anilines is 1. The highest BCUT2D eigenvalue weighted by Crippen LogP contribution is 2.22. The summed E-state index contributed by atoms with van der Waals surface area (Å²) in [5, 5.41) is 16.2. The van der Waals surface area contributed by atoms with Crippen LogP contribution < -0.4 is 5.32 Å². The summed E-state index contributed by atoms with van der Waals surface area (Å²) in [4.78, 5) is 24.3. The standard InChI is InChI=1S/C21H23ClN4O3/c1-13(2)12-26-20(22)18(14(3)25-26)9-10-19(27)29-15(4)21(28)24-17-7-5-16(11-23)6-8-17/h5-10,13,15H,12H2,1-4H3,(H,24,28)/b10-9+/t15-/m0/s1. The third-order valence-electron chi connectivity index (χ3n) is 3.98. The van der Waals surface area contributed by atoms with Crippen molar-refractivity contribution >= 4 is 35.2 Å². The minimum atomic E-state index is -0.997. The number of aromatic nitrogens is 2. The quantitative estimate of drug-likeness (QED) is 0.546. The van der Waals surface area contributed by atoms with Gasteiger partial charge in [0.1, 0.15) is 5.15 Å². The number of nitrogens with zero attached hydrogens (tertiary/aromatic N) is 3. The van der Waals surface area contributed by atoms with Crippen molar-refractivity contribution < 1.29 is 14.3 Å². The second kappa shape index (κ2) is 9.89. The molecule has 0 unspecified atom stereocenters. The first-order chi connectivity index (χ1) is 13.7. The van der Waals surface area contributed by atoms with Crippen LogP contribution in [-0.2, 0) is 20.9 Å². The maximum absolute atomic E-state index is 12.2. The van der Waals surface area contributed by atoms with Crippen molar-refractivity contribution in [3.05, 3.63) is 52.3 Å². The number of esters is 1. The van der Waals surface area contributed by atoms with E-state index in [0.29, 0.717) is 40.1 Å². The smallest absolute Gasteiger partial charge is 0.331 e. The van der Waals surface area contributed by atoms with Gasteiger partial charge in [0.15, 0.2) is 6.10 Å². The fourth-order valence-corrected chi connectivity index (χ4v) is 2.82. The van der Waals surface area contributed by atoms with Crippen LogP contribution in [0.15, 0.2) is 30.3 Å². The summed E-state index contributed by atoms with van der Waals surface area (Å²) >= 11 is 6.34. The Kier molecular flexibility index (Phi) is 7.57. The van der Waals surface area contributed by atoms with E-state index in [-0.39, 0.29) is 0 Å². The molecule has 0 fully saturated rings. The fraction of sp³-hybridized carbons (Fsp3) is 0.333. The number of benzene rings is 1. The zero-order chi connectivity index (χ0) is 21.6. The molecule has 1 aromatic carbocycles. The molecule has 8 heteroatoms. The molecule has 2 aromatic rings. The van der Waals surface area contributed by atoms with Crippen molar-refractivity contribution in [2.45, 2.75) is 40.3 Å². The lowest BCUT2D eigenvalue weighted by molar-refractivity contribution is -0.148. The molecule has 0 saturated carbocycles. The van der Waals surface area contributed by atoms with E-state index in [1.165, 1.54) is 19.1 Å². The molecule has 2 rings (SSSR count). The fourth-order valence-electron chi connectivity index (χ4n) is 2.51. The Hall–Kier alpha value is -3.11. The molecule has 29 heavy (non-hydrogen) atoms. The molecule has 0 saturated heterocycles. The maximum Gasteiger partial charge on any atom is 0.331 e. The summed E-state index contributed by atoms with van der Waals surface area (Å²) < 4.78 is 6.84. The van der Waals surface area contributed by atoms with E-state index >= 15 is 0 Å². The van der Waals surface area contributed by atoms with Gasteiger partial charge >= 0.3 is 5.97 Å². The summed E-state index contributed by atoms with van der Waals surface area (Å²) in [6.07, 6.45) is 1.76. The van der Waals surface area contributed by atoms with Crippen molar-refractivity contribution in [2.24, 2.45) is 5.92 Å². The van der Waals surface area contributed by atoms with Crippen molar-refractivity contribution in [3.8, 4) is 6.07 Å². The van der Waals surface area contributed by atoms with Crippen LogP contribution in [0.1, 0.15) is 37.6 Å². The highest BCUT2D eigenvalue weighted by atomic mass is 35.5. The van der Waals surface area contributed by atoms with Gasteiger partial charge in [-0.3, -0.25) is 9.48 Å². The van der Waals surface area contributed by atoms with E-state index in [2.05, 4.69) is 24.3 Å². The highest BCUT2D eigenvalue weighted by molar-refractivity contribution is 6.31. The van der Waals surface area contributed by atoms with Gasteiger partial charge in [0.2, 0.25) is 0 Å². The summed E-state index contributed by atoms with van der Waals surface area (Å²) in [6, 6.07) is 8.37. The minimum Gasteiger partial charge on any atom is -0.449 e. The third kappa shape index (κ3) is 6.19. The number of halogens is 1. The van der Waals surface area contributed by atoms with Gasteiger partial charge in [-0.05, 0) is 50.1 Å². The number of rotatable bonds is 7. The number of amides is 1. The Morgan fingerprint density at radius 1 is 1.31 bits per heavy atom. The van der Waals surface area contributed by atoms with Crippen molar-refractivity contribution in [1.29, 1.82) is 5.26 Å². The van der Waals surface area contributed by atoms with Crippen molar-refractivity contribution in [2.75, 3.05) is 5.32 Å². The largest absolute Gasteiger partial charge is 0.449 e.